The minimum Gasteiger partial charge on any atom is -0.345 e. The smallest absolute Gasteiger partial charge is 0.345 e. The van der Waals surface area contributed by atoms with Gasteiger partial charge in [0.15, 0.2) is 5.78 Å². The third-order valence-electron chi connectivity index (χ3n) is 4.06. The highest BCUT2D eigenvalue weighted by atomic mass is 19.4. The summed E-state index contributed by atoms with van der Waals surface area (Å²) in [4.78, 5) is 23.9. The van der Waals surface area contributed by atoms with Crippen LogP contribution in [0.3, 0.4) is 0 Å². The number of amides is 1. The number of rotatable bonds is 6. The molecule has 0 spiro atoms. The van der Waals surface area contributed by atoms with Crippen molar-refractivity contribution in [3.05, 3.63) is 70.8 Å². The first-order chi connectivity index (χ1) is 13.3. The molecule has 0 atom stereocenters. The molecule has 146 valence electrons. The largest absolute Gasteiger partial charge is 0.416 e. The summed E-state index contributed by atoms with van der Waals surface area (Å²) in [6.07, 6.45) is -3.42. The molecule has 1 N–H and O–H groups in total. The molecule has 0 fully saturated rings. The first-order valence-corrected chi connectivity index (χ1v) is 8.84. The molecule has 28 heavy (non-hydrogen) atoms. The molecule has 0 aliphatic heterocycles. The molecular weight excluding hydrogens is 367 g/mol. The fourth-order valence-corrected chi connectivity index (χ4v) is 2.45. The van der Waals surface area contributed by atoms with Gasteiger partial charge in [0.1, 0.15) is 0 Å². The van der Waals surface area contributed by atoms with Crippen molar-refractivity contribution in [1.29, 1.82) is 0 Å². The van der Waals surface area contributed by atoms with Crippen molar-refractivity contribution in [1.82, 2.24) is 5.32 Å². The summed E-state index contributed by atoms with van der Waals surface area (Å²) in [7, 11) is 0. The van der Waals surface area contributed by atoms with E-state index >= 15 is 0 Å². The van der Waals surface area contributed by atoms with Crippen molar-refractivity contribution in [3.63, 3.8) is 0 Å². The summed E-state index contributed by atoms with van der Waals surface area (Å²) >= 11 is 0. The summed E-state index contributed by atoms with van der Waals surface area (Å²) < 4.78 is 37.9. The Morgan fingerprint density at radius 1 is 1.04 bits per heavy atom. The first-order valence-electron chi connectivity index (χ1n) is 8.84. The molecule has 0 aliphatic carbocycles. The lowest BCUT2D eigenvalue weighted by molar-refractivity contribution is -0.137. The van der Waals surface area contributed by atoms with Crippen LogP contribution in [0, 0.1) is 11.8 Å². The van der Waals surface area contributed by atoms with Gasteiger partial charge < -0.3 is 5.32 Å². The zero-order chi connectivity index (χ0) is 20.6. The molecule has 0 heterocycles. The normalized spacial score (nSPS) is 10.7. The standard InChI is InChI=1S/C22H20F3NO2/c1-2-16-8-10-18(11-9-16)20(27)12-13-21(28)26-14-4-6-17-5-3-7-19(15-17)22(23,24)25/h3,5,7-11,15H,2,12-14H2,1H3,(H,26,28). The molecule has 0 unspecified atom stereocenters. The molecule has 2 aromatic carbocycles. The van der Waals surface area contributed by atoms with Crippen LogP contribution in [-0.2, 0) is 17.4 Å². The number of hydrogen-bond donors (Lipinski definition) is 1. The third-order valence-corrected chi connectivity index (χ3v) is 4.06. The topological polar surface area (TPSA) is 46.2 Å². The van der Waals surface area contributed by atoms with Crippen LogP contribution in [0.25, 0.3) is 0 Å². The van der Waals surface area contributed by atoms with Crippen molar-refractivity contribution in [2.75, 3.05) is 6.54 Å². The molecule has 0 radical (unpaired) electrons. The van der Waals surface area contributed by atoms with Gasteiger partial charge in [0, 0.05) is 24.0 Å². The zero-order valence-corrected chi connectivity index (χ0v) is 15.4. The molecule has 1 amide bonds. The maximum absolute atomic E-state index is 12.6. The third kappa shape index (κ3) is 6.58. The molecule has 0 aromatic heterocycles. The van der Waals surface area contributed by atoms with Gasteiger partial charge in [-0.1, -0.05) is 49.1 Å². The van der Waals surface area contributed by atoms with Gasteiger partial charge in [-0.2, -0.15) is 13.2 Å². The lowest BCUT2D eigenvalue weighted by Gasteiger charge is -2.05. The predicted octanol–water partition coefficient (Wildman–Crippen LogP) is 4.40. The van der Waals surface area contributed by atoms with E-state index in [0.29, 0.717) is 5.56 Å². The molecule has 2 rings (SSSR count). The summed E-state index contributed by atoms with van der Waals surface area (Å²) in [6, 6.07) is 11.9. The molecule has 6 heteroatoms. The van der Waals surface area contributed by atoms with Crippen molar-refractivity contribution in [2.45, 2.75) is 32.4 Å². The van der Waals surface area contributed by atoms with Crippen LogP contribution < -0.4 is 5.32 Å². The second-order valence-electron chi connectivity index (χ2n) is 6.13. The Balaban J connectivity index is 1.79. The van der Waals surface area contributed by atoms with E-state index in [9.17, 15) is 22.8 Å². The first kappa shape index (κ1) is 21.2. The number of carbonyl (C=O) groups excluding carboxylic acids is 2. The van der Waals surface area contributed by atoms with Gasteiger partial charge >= 0.3 is 6.18 Å². The maximum Gasteiger partial charge on any atom is 0.416 e. The molecule has 0 aliphatic rings. The van der Waals surface area contributed by atoms with E-state index in [2.05, 4.69) is 17.2 Å². The molecule has 0 saturated heterocycles. The van der Waals surface area contributed by atoms with E-state index in [0.717, 1.165) is 24.1 Å². The molecule has 0 saturated carbocycles. The lowest BCUT2D eigenvalue weighted by Crippen LogP contribution is -2.24. The van der Waals surface area contributed by atoms with Gasteiger partial charge in [0.25, 0.3) is 0 Å². The van der Waals surface area contributed by atoms with Gasteiger partial charge in [-0.05, 0) is 30.2 Å². The maximum atomic E-state index is 12.6. The van der Waals surface area contributed by atoms with Crippen LogP contribution in [0.15, 0.2) is 48.5 Å². The molecule has 0 bridgehead atoms. The Kier molecular flexibility index (Phi) is 7.39. The number of carbonyl (C=O) groups is 2. The Bertz CT molecular complexity index is 890. The number of alkyl halides is 3. The van der Waals surface area contributed by atoms with E-state index in [1.165, 1.54) is 12.1 Å². The van der Waals surface area contributed by atoms with Crippen LogP contribution in [-0.4, -0.2) is 18.2 Å². The lowest BCUT2D eigenvalue weighted by atomic mass is 10.0. The summed E-state index contributed by atoms with van der Waals surface area (Å²) in [5.41, 5.74) is 1.14. The van der Waals surface area contributed by atoms with Gasteiger partial charge in [-0.25, -0.2) is 0 Å². The molecule has 3 nitrogen and oxygen atoms in total. The SMILES string of the molecule is CCc1ccc(C(=O)CCC(=O)NCC#Cc2cccc(C(F)(F)F)c2)cc1. The summed E-state index contributed by atoms with van der Waals surface area (Å²) in [5.74, 6) is 4.74. The minimum absolute atomic E-state index is 0.00549. The van der Waals surface area contributed by atoms with Crippen molar-refractivity contribution in [2.24, 2.45) is 0 Å². The van der Waals surface area contributed by atoms with E-state index in [4.69, 9.17) is 0 Å². The van der Waals surface area contributed by atoms with Crippen LogP contribution in [0.5, 0.6) is 0 Å². The monoisotopic (exact) mass is 387 g/mol. The second kappa shape index (κ2) is 9.75. The summed E-state index contributed by atoms with van der Waals surface area (Å²) in [6.45, 7) is 2.02. The van der Waals surface area contributed by atoms with Crippen LogP contribution in [0.4, 0.5) is 13.2 Å². The quantitative estimate of drug-likeness (QED) is 0.590. The highest BCUT2D eigenvalue weighted by molar-refractivity contribution is 5.97. The Morgan fingerprint density at radius 2 is 1.75 bits per heavy atom. The number of aryl methyl sites for hydroxylation is 1. The van der Waals surface area contributed by atoms with E-state index < -0.39 is 11.7 Å². The fraction of sp³-hybridized carbons (Fsp3) is 0.273. The van der Waals surface area contributed by atoms with Crippen LogP contribution in [0.1, 0.15) is 46.8 Å². The Hall–Kier alpha value is -3.07. The van der Waals surface area contributed by atoms with Crippen LogP contribution >= 0.6 is 0 Å². The van der Waals surface area contributed by atoms with Crippen molar-refractivity contribution < 1.29 is 22.8 Å². The molecular formula is C22H20F3NO2. The average molecular weight is 387 g/mol. The number of halogens is 3. The van der Waals surface area contributed by atoms with Gasteiger partial charge in [0.2, 0.25) is 5.91 Å². The Labute approximate surface area is 162 Å². The van der Waals surface area contributed by atoms with E-state index in [1.807, 2.05) is 19.1 Å². The zero-order valence-electron chi connectivity index (χ0n) is 15.4. The van der Waals surface area contributed by atoms with Gasteiger partial charge in [0.05, 0.1) is 12.1 Å². The predicted molar refractivity (Wildman–Crippen MR) is 101 cm³/mol. The number of ketones is 1. The minimum atomic E-state index is -4.42. The number of hydrogen-bond acceptors (Lipinski definition) is 2. The highest BCUT2D eigenvalue weighted by Gasteiger charge is 2.30. The van der Waals surface area contributed by atoms with Gasteiger partial charge in [-0.3, -0.25) is 9.59 Å². The van der Waals surface area contributed by atoms with Crippen molar-refractivity contribution in [3.8, 4) is 11.8 Å². The highest BCUT2D eigenvalue weighted by Crippen LogP contribution is 2.29. The number of nitrogens with one attached hydrogen (secondary N) is 1. The van der Waals surface area contributed by atoms with E-state index in [-0.39, 0.29) is 36.6 Å². The average Bonchev–Trinajstić information content (AvgIpc) is 2.69. The second-order valence-corrected chi connectivity index (χ2v) is 6.13. The number of Topliss-reactive ketones (excluding diaryl/α,β-unsaturated/α-hetero) is 1. The fourth-order valence-electron chi connectivity index (χ4n) is 2.45. The van der Waals surface area contributed by atoms with Crippen molar-refractivity contribution >= 4 is 11.7 Å². The van der Waals surface area contributed by atoms with Gasteiger partial charge in [-0.15, -0.1) is 0 Å². The van der Waals surface area contributed by atoms with E-state index in [1.54, 1.807) is 12.1 Å². The molecule has 2 aromatic rings. The Morgan fingerprint density at radius 3 is 2.39 bits per heavy atom. The van der Waals surface area contributed by atoms with Crippen LogP contribution in [0.2, 0.25) is 0 Å². The number of benzene rings is 2. The summed E-state index contributed by atoms with van der Waals surface area (Å²) in [5, 5.41) is 2.54.